The Morgan fingerprint density at radius 2 is 2.42 bits per heavy atom. The molecule has 0 fully saturated rings. The van der Waals surface area contributed by atoms with Crippen LogP contribution in [-0.2, 0) is 4.74 Å². The summed E-state index contributed by atoms with van der Waals surface area (Å²) in [5, 5.41) is 0. The first-order chi connectivity index (χ1) is 5.83. The number of hydrogen-bond acceptors (Lipinski definition) is 3. The molecule has 0 aliphatic carbocycles. The van der Waals surface area contributed by atoms with Crippen LogP contribution in [0.1, 0.15) is 12.6 Å². The van der Waals surface area contributed by atoms with E-state index in [0.717, 1.165) is 11.4 Å². The summed E-state index contributed by atoms with van der Waals surface area (Å²) in [6.07, 6.45) is 3.15. The van der Waals surface area contributed by atoms with E-state index < -0.39 is 0 Å². The maximum Gasteiger partial charge on any atom is 0.174 e. The largest absolute Gasteiger partial charge is 0.483 e. The molecule has 0 bridgehead atoms. The number of pyridine rings is 1. The molecule has 12 heavy (non-hydrogen) atoms. The number of hydrogen-bond donors (Lipinski definition) is 0. The molecule has 0 radical (unpaired) electrons. The first kappa shape index (κ1) is 8.71. The standard InChI is InChI=1S/C9H12N2O/c1-3-12-7-11-9-5-4-8(2)10-6-9/h4-7H,3H2,1-2H3. The molecule has 3 nitrogen and oxygen atoms in total. The third-order valence-corrected chi connectivity index (χ3v) is 1.34. The molecule has 0 unspecified atom stereocenters. The summed E-state index contributed by atoms with van der Waals surface area (Å²) in [7, 11) is 0. The van der Waals surface area contributed by atoms with E-state index >= 15 is 0 Å². The van der Waals surface area contributed by atoms with E-state index in [0.29, 0.717) is 6.61 Å². The van der Waals surface area contributed by atoms with Gasteiger partial charge in [0.1, 0.15) is 0 Å². The van der Waals surface area contributed by atoms with Gasteiger partial charge in [-0.25, -0.2) is 4.99 Å². The molecule has 64 valence electrons. The van der Waals surface area contributed by atoms with E-state index in [1.807, 2.05) is 26.0 Å². The molecule has 1 rings (SSSR count). The van der Waals surface area contributed by atoms with Crippen LogP contribution in [0, 0.1) is 6.92 Å². The van der Waals surface area contributed by atoms with Gasteiger partial charge in [0, 0.05) is 5.69 Å². The Bertz CT molecular complexity index is 254. The van der Waals surface area contributed by atoms with Gasteiger partial charge in [0.05, 0.1) is 18.5 Å². The molecule has 0 saturated heterocycles. The van der Waals surface area contributed by atoms with Gasteiger partial charge >= 0.3 is 0 Å². The van der Waals surface area contributed by atoms with E-state index in [1.54, 1.807) is 6.20 Å². The maximum absolute atomic E-state index is 4.95. The highest BCUT2D eigenvalue weighted by Crippen LogP contribution is 2.08. The minimum absolute atomic E-state index is 0.642. The monoisotopic (exact) mass is 164 g/mol. The van der Waals surface area contributed by atoms with Gasteiger partial charge in [-0.1, -0.05) is 0 Å². The van der Waals surface area contributed by atoms with Gasteiger partial charge in [-0.2, -0.15) is 0 Å². The Labute approximate surface area is 72.1 Å². The van der Waals surface area contributed by atoms with Crippen molar-refractivity contribution in [1.29, 1.82) is 0 Å². The Morgan fingerprint density at radius 3 is 3.00 bits per heavy atom. The molecule has 0 aliphatic rings. The molecule has 1 heterocycles. The van der Waals surface area contributed by atoms with Crippen LogP contribution >= 0.6 is 0 Å². The summed E-state index contributed by atoms with van der Waals surface area (Å²) >= 11 is 0. The smallest absolute Gasteiger partial charge is 0.174 e. The second kappa shape index (κ2) is 4.49. The lowest BCUT2D eigenvalue weighted by molar-refractivity contribution is 0.344. The van der Waals surface area contributed by atoms with Gasteiger partial charge in [0.25, 0.3) is 0 Å². The molecule has 1 aromatic heterocycles. The lowest BCUT2D eigenvalue weighted by Crippen LogP contribution is -1.84. The third-order valence-electron chi connectivity index (χ3n) is 1.34. The van der Waals surface area contributed by atoms with E-state index in [4.69, 9.17) is 4.74 Å². The van der Waals surface area contributed by atoms with Crippen LogP contribution in [0.4, 0.5) is 5.69 Å². The van der Waals surface area contributed by atoms with Crippen molar-refractivity contribution in [2.45, 2.75) is 13.8 Å². The van der Waals surface area contributed by atoms with Crippen LogP contribution in [-0.4, -0.2) is 18.0 Å². The van der Waals surface area contributed by atoms with Gasteiger partial charge in [-0.15, -0.1) is 0 Å². The van der Waals surface area contributed by atoms with E-state index in [-0.39, 0.29) is 0 Å². The molecule has 0 atom stereocenters. The van der Waals surface area contributed by atoms with E-state index in [9.17, 15) is 0 Å². The van der Waals surface area contributed by atoms with Crippen LogP contribution in [0.15, 0.2) is 23.3 Å². The van der Waals surface area contributed by atoms with Gasteiger partial charge in [-0.3, -0.25) is 4.98 Å². The molecule has 3 heteroatoms. The first-order valence-corrected chi connectivity index (χ1v) is 3.89. The predicted molar refractivity (Wildman–Crippen MR) is 48.8 cm³/mol. The minimum Gasteiger partial charge on any atom is -0.483 e. The highest BCUT2D eigenvalue weighted by Gasteiger charge is 1.87. The number of rotatable bonds is 3. The van der Waals surface area contributed by atoms with Gasteiger partial charge in [-0.05, 0) is 26.0 Å². The van der Waals surface area contributed by atoms with Crippen LogP contribution < -0.4 is 0 Å². The van der Waals surface area contributed by atoms with Crippen molar-refractivity contribution in [1.82, 2.24) is 4.98 Å². The Balaban J connectivity index is 2.58. The zero-order chi connectivity index (χ0) is 8.81. The van der Waals surface area contributed by atoms with E-state index in [1.165, 1.54) is 6.40 Å². The Kier molecular flexibility index (Phi) is 3.26. The minimum atomic E-state index is 0.642. The van der Waals surface area contributed by atoms with Crippen molar-refractivity contribution in [2.24, 2.45) is 4.99 Å². The van der Waals surface area contributed by atoms with Crippen LogP contribution in [0.3, 0.4) is 0 Å². The summed E-state index contributed by atoms with van der Waals surface area (Å²) in [4.78, 5) is 8.12. The second-order valence-corrected chi connectivity index (χ2v) is 2.35. The number of nitrogens with zero attached hydrogens (tertiary/aromatic N) is 2. The highest BCUT2D eigenvalue weighted by molar-refractivity contribution is 5.54. The number of aromatic nitrogens is 1. The maximum atomic E-state index is 4.95. The molecular formula is C9H12N2O. The lowest BCUT2D eigenvalue weighted by Gasteiger charge is -1.94. The SMILES string of the molecule is CCOC=Nc1ccc(C)nc1. The lowest BCUT2D eigenvalue weighted by atomic mass is 10.3. The summed E-state index contributed by atoms with van der Waals surface area (Å²) < 4.78 is 4.95. The first-order valence-electron chi connectivity index (χ1n) is 3.89. The molecule has 0 aliphatic heterocycles. The van der Waals surface area contributed by atoms with Crippen molar-refractivity contribution >= 4 is 12.1 Å². The van der Waals surface area contributed by atoms with Crippen molar-refractivity contribution in [3.63, 3.8) is 0 Å². The molecule has 0 spiro atoms. The normalized spacial score (nSPS) is 10.5. The number of aliphatic imine (C=N–C) groups is 1. The number of ether oxygens (including phenoxy) is 1. The fraction of sp³-hybridized carbons (Fsp3) is 0.333. The molecule has 0 aromatic carbocycles. The summed E-state index contributed by atoms with van der Waals surface area (Å²) in [6.45, 7) is 4.50. The zero-order valence-electron chi connectivity index (χ0n) is 7.32. The fourth-order valence-corrected chi connectivity index (χ4v) is 0.709. The summed E-state index contributed by atoms with van der Waals surface area (Å²) in [5.74, 6) is 0. The second-order valence-electron chi connectivity index (χ2n) is 2.35. The van der Waals surface area contributed by atoms with Gasteiger partial charge < -0.3 is 4.74 Å². The molecule has 0 N–H and O–H groups in total. The average molecular weight is 164 g/mol. The number of aryl methyl sites for hydroxylation is 1. The summed E-state index contributed by atoms with van der Waals surface area (Å²) in [5.41, 5.74) is 1.81. The van der Waals surface area contributed by atoms with Gasteiger partial charge in [0.15, 0.2) is 6.40 Å². The van der Waals surface area contributed by atoms with Crippen molar-refractivity contribution in [3.8, 4) is 0 Å². The fourth-order valence-electron chi connectivity index (χ4n) is 0.709. The van der Waals surface area contributed by atoms with Crippen molar-refractivity contribution < 1.29 is 4.74 Å². The van der Waals surface area contributed by atoms with Crippen LogP contribution in [0.2, 0.25) is 0 Å². The Hall–Kier alpha value is -1.38. The third kappa shape index (κ3) is 2.70. The average Bonchev–Trinajstić information content (AvgIpc) is 2.09. The quantitative estimate of drug-likeness (QED) is 0.506. The summed E-state index contributed by atoms with van der Waals surface area (Å²) in [6, 6.07) is 3.82. The van der Waals surface area contributed by atoms with E-state index in [2.05, 4.69) is 9.98 Å². The zero-order valence-corrected chi connectivity index (χ0v) is 7.32. The topological polar surface area (TPSA) is 34.5 Å². The van der Waals surface area contributed by atoms with Crippen LogP contribution in [0.25, 0.3) is 0 Å². The Morgan fingerprint density at radius 1 is 1.58 bits per heavy atom. The molecule has 0 saturated carbocycles. The van der Waals surface area contributed by atoms with Crippen LogP contribution in [0.5, 0.6) is 0 Å². The molecular weight excluding hydrogens is 152 g/mol. The predicted octanol–water partition coefficient (Wildman–Crippen LogP) is 2.09. The highest BCUT2D eigenvalue weighted by atomic mass is 16.5. The van der Waals surface area contributed by atoms with Crippen molar-refractivity contribution in [2.75, 3.05) is 6.61 Å². The molecule has 0 amide bonds. The van der Waals surface area contributed by atoms with Crippen molar-refractivity contribution in [3.05, 3.63) is 24.0 Å². The molecule has 1 aromatic rings. The van der Waals surface area contributed by atoms with Gasteiger partial charge in [0.2, 0.25) is 0 Å².